The van der Waals surface area contributed by atoms with Crippen molar-refractivity contribution in [1.29, 1.82) is 0 Å². The van der Waals surface area contributed by atoms with Crippen LogP contribution in [0.3, 0.4) is 0 Å². The first kappa shape index (κ1) is 20.8. The molecule has 2 fully saturated rings. The number of hydrogen-bond acceptors (Lipinski definition) is 7. The minimum atomic E-state index is -4.08. The van der Waals surface area contributed by atoms with Crippen LogP contribution >= 0.6 is 11.3 Å². The lowest BCUT2D eigenvalue weighted by Gasteiger charge is -2.17. The minimum absolute atomic E-state index is 0.0797. The van der Waals surface area contributed by atoms with Crippen molar-refractivity contribution in [2.75, 3.05) is 11.9 Å². The molecule has 0 bridgehead atoms. The zero-order chi connectivity index (χ0) is 22.3. The van der Waals surface area contributed by atoms with Gasteiger partial charge in [-0.15, -0.1) is 10.2 Å². The fourth-order valence-electron chi connectivity index (χ4n) is 3.73. The molecule has 2 aliphatic rings. The van der Waals surface area contributed by atoms with Crippen LogP contribution < -0.4 is 5.32 Å². The van der Waals surface area contributed by atoms with E-state index in [9.17, 15) is 18.0 Å². The molecule has 32 heavy (non-hydrogen) atoms. The summed E-state index contributed by atoms with van der Waals surface area (Å²) < 4.78 is 27.3. The fourth-order valence-corrected chi connectivity index (χ4v) is 6.14. The third kappa shape index (κ3) is 4.03. The SMILES string of the molecule is O=C(Nc1nnc(C2CC2)s1)c1cccc(S(=O)(=O)N2C[C@H](c3ccccc3)CC2=O)c1. The Bertz CT molecular complexity index is 1290. The Labute approximate surface area is 189 Å². The van der Waals surface area contributed by atoms with E-state index < -0.39 is 21.8 Å². The fraction of sp³-hybridized carbons (Fsp3) is 0.273. The Kier molecular flexibility index (Phi) is 5.26. The maximum Gasteiger partial charge on any atom is 0.266 e. The van der Waals surface area contributed by atoms with Gasteiger partial charge in [0.05, 0.1) is 4.90 Å². The molecule has 1 saturated heterocycles. The van der Waals surface area contributed by atoms with Gasteiger partial charge in [-0.05, 0) is 36.6 Å². The van der Waals surface area contributed by atoms with Crippen molar-refractivity contribution < 1.29 is 18.0 Å². The number of carbonyl (C=O) groups excluding carboxylic acids is 2. The van der Waals surface area contributed by atoms with Gasteiger partial charge in [0.15, 0.2) is 0 Å². The van der Waals surface area contributed by atoms with E-state index >= 15 is 0 Å². The number of rotatable bonds is 6. The largest absolute Gasteiger partial charge is 0.296 e. The molecule has 1 saturated carbocycles. The van der Waals surface area contributed by atoms with Gasteiger partial charge in [0.25, 0.3) is 15.9 Å². The lowest BCUT2D eigenvalue weighted by Crippen LogP contribution is -2.32. The number of benzene rings is 2. The van der Waals surface area contributed by atoms with Gasteiger partial charge < -0.3 is 0 Å². The van der Waals surface area contributed by atoms with E-state index in [2.05, 4.69) is 15.5 Å². The van der Waals surface area contributed by atoms with Gasteiger partial charge in [0.1, 0.15) is 5.01 Å². The molecule has 1 aliphatic carbocycles. The molecule has 1 aromatic heterocycles. The zero-order valence-corrected chi connectivity index (χ0v) is 18.6. The Morgan fingerprint density at radius 1 is 1.03 bits per heavy atom. The summed E-state index contributed by atoms with van der Waals surface area (Å²) in [6, 6.07) is 15.1. The standard InChI is InChI=1S/C22H20N4O4S2/c27-19-12-17(14-5-2-1-3-6-14)13-26(19)32(29,30)18-8-4-7-16(11-18)20(28)23-22-25-24-21(31-22)15-9-10-15/h1-8,11,15,17H,9-10,12-13H2,(H,23,25,28)/t17-/m1/s1. The first-order valence-corrected chi connectivity index (χ1v) is 12.5. The predicted octanol–water partition coefficient (Wildman–Crippen LogP) is 3.37. The summed E-state index contributed by atoms with van der Waals surface area (Å²) in [7, 11) is -4.08. The number of amides is 2. The lowest BCUT2D eigenvalue weighted by atomic mass is 9.99. The molecule has 1 atom stereocenters. The zero-order valence-electron chi connectivity index (χ0n) is 17.0. The van der Waals surface area contributed by atoms with E-state index in [0.717, 1.165) is 27.7 Å². The Morgan fingerprint density at radius 3 is 2.56 bits per heavy atom. The first-order valence-electron chi connectivity index (χ1n) is 10.3. The molecule has 3 aromatic rings. The molecule has 2 amide bonds. The molecule has 10 heteroatoms. The monoisotopic (exact) mass is 468 g/mol. The molecule has 164 valence electrons. The summed E-state index contributed by atoms with van der Waals surface area (Å²) in [5.41, 5.74) is 1.09. The van der Waals surface area contributed by atoms with Crippen molar-refractivity contribution in [3.63, 3.8) is 0 Å². The molecule has 0 unspecified atom stereocenters. The van der Waals surface area contributed by atoms with Crippen LogP contribution in [0.1, 0.15) is 52.0 Å². The van der Waals surface area contributed by atoms with E-state index in [-0.39, 0.29) is 29.3 Å². The molecule has 1 N–H and O–H groups in total. The summed E-state index contributed by atoms with van der Waals surface area (Å²) in [4.78, 5) is 25.1. The molecule has 2 aromatic carbocycles. The van der Waals surface area contributed by atoms with Gasteiger partial charge >= 0.3 is 0 Å². The van der Waals surface area contributed by atoms with Crippen LogP contribution in [-0.4, -0.2) is 41.3 Å². The van der Waals surface area contributed by atoms with Crippen molar-refractivity contribution in [1.82, 2.24) is 14.5 Å². The second kappa shape index (κ2) is 8.10. The topological polar surface area (TPSA) is 109 Å². The number of anilines is 1. The number of nitrogens with zero attached hydrogens (tertiary/aromatic N) is 3. The molecule has 0 spiro atoms. The summed E-state index contributed by atoms with van der Waals surface area (Å²) in [6.07, 6.45) is 2.30. The van der Waals surface area contributed by atoms with Crippen LogP contribution in [-0.2, 0) is 14.8 Å². The molecule has 1 aliphatic heterocycles. The summed E-state index contributed by atoms with van der Waals surface area (Å²) in [5, 5.41) is 12.0. The highest BCUT2D eigenvalue weighted by molar-refractivity contribution is 7.89. The molecule has 5 rings (SSSR count). The second-order valence-corrected chi connectivity index (χ2v) is 10.8. The second-order valence-electron chi connectivity index (χ2n) is 7.94. The Morgan fingerprint density at radius 2 is 1.81 bits per heavy atom. The summed E-state index contributed by atoms with van der Waals surface area (Å²) in [5.74, 6) is -0.682. The van der Waals surface area contributed by atoms with Crippen LogP contribution in [0.4, 0.5) is 5.13 Å². The van der Waals surface area contributed by atoms with Crippen molar-refractivity contribution >= 4 is 38.3 Å². The summed E-state index contributed by atoms with van der Waals surface area (Å²) in [6.45, 7) is 0.0797. The van der Waals surface area contributed by atoms with Gasteiger partial charge in [-0.1, -0.05) is 47.7 Å². The Balaban J connectivity index is 1.34. The van der Waals surface area contributed by atoms with E-state index in [4.69, 9.17) is 0 Å². The van der Waals surface area contributed by atoms with Crippen LogP contribution in [0.25, 0.3) is 0 Å². The van der Waals surface area contributed by atoms with Gasteiger partial charge in [0, 0.05) is 30.4 Å². The molecule has 2 heterocycles. The van der Waals surface area contributed by atoms with Crippen LogP contribution in [0.15, 0.2) is 59.5 Å². The third-order valence-corrected chi connectivity index (χ3v) is 8.41. The van der Waals surface area contributed by atoms with Crippen molar-refractivity contribution in [3.8, 4) is 0 Å². The highest BCUT2D eigenvalue weighted by atomic mass is 32.2. The third-order valence-electron chi connectivity index (χ3n) is 5.63. The maximum absolute atomic E-state index is 13.2. The van der Waals surface area contributed by atoms with Crippen molar-refractivity contribution in [2.45, 2.75) is 36.0 Å². The number of nitrogens with one attached hydrogen (secondary N) is 1. The number of sulfonamides is 1. The summed E-state index contributed by atoms with van der Waals surface area (Å²) >= 11 is 1.33. The molecular weight excluding hydrogens is 448 g/mol. The van der Waals surface area contributed by atoms with Crippen LogP contribution in [0.2, 0.25) is 0 Å². The average molecular weight is 469 g/mol. The quantitative estimate of drug-likeness (QED) is 0.594. The van der Waals surface area contributed by atoms with Gasteiger partial charge in [-0.2, -0.15) is 0 Å². The number of carbonyl (C=O) groups is 2. The van der Waals surface area contributed by atoms with Crippen molar-refractivity contribution in [2.24, 2.45) is 0 Å². The predicted molar refractivity (Wildman–Crippen MR) is 119 cm³/mol. The first-order chi connectivity index (χ1) is 15.4. The van der Waals surface area contributed by atoms with E-state index in [1.54, 1.807) is 0 Å². The van der Waals surface area contributed by atoms with E-state index in [1.807, 2.05) is 30.3 Å². The number of aromatic nitrogens is 2. The normalized spacial score (nSPS) is 18.7. The molecule has 0 radical (unpaired) electrons. The highest BCUT2D eigenvalue weighted by Crippen LogP contribution is 2.42. The average Bonchev–Trinajstić information content (AvgIpc) is 3.42. The Hall–Kier alpha value is -3.11. The lowest BCUT2D eigenvalue weighted by molar-refractivity contribution is -0.123. The molecule has 8 nitrogen and oxygen atoms in total. The smallest absolute Gasteiger partial charge is 0.266 e. The molecular formula is C22H20N4O4S2. The van der Waals surface area contributed by atoms with E-state index in [0.29, 0.717) is 11.0 Å². The number of hydrogen-bond donors (Lipinski definition) is 1. The van der Waals surface area contributed by atoms with Gasteiger partial charge in [0.2, 0.25) is 11.0 Å². The maximum atomic E-state index is 13.2. The van der Waals surface area contributed by atoms with Gasteiger partial charge in [-0.3, -0.25) is 14.9 Å². The van der Waals surface area contributed by atoms with Gasteiger partial charge in [-0.25, -0.2) is 12.7 Å². The highest BCUT2D eigenvalue weighted by Gasteiger charge is 2.39. The van der Waals surface area contributed by atoms with E-state index in [1.165, 1.54) is 35.6 Å². The van der Waals surface area contributed by atoms with Crippen LogP contribution in [0, 0.1) is 0 Å². The van der Waals surface area contributed by atoms with Crippen molar-refractivity contribution in [3.05, 3.63) is 70.7 Å². The minimum Gasteiger partial charge on any atom is -0.296 e. The van der Waals surface area contributed by atoms with Crippen LogP contribution in [0.5, 0.6) is 0 Å².